The van der Waals surface area contributed by atoms with E-state index >= 15 is 0 Å². The van der Waals surface area contributed by atoms with E-state index in [4.69, 9.17) is 4.74 Å². The van der Waals surface area contributed by atoms with Crippen LogP contribution < -0.4 is 10.6 Å². The molecule has 1 amide bonds. The van der Waals surface area contributed by atoms with Crippen molar-refractivity contribution >= 4 is 5.91 Å². The molecule has 1 saturated heterocycles. The summed E-state index contributed by atoms with van der Waals surface area (Å²) in [7, 11) is 0. The van der Waals surface area contributed by atoms with E-state index in [2.05, 4.69) is 10.6 Å². The SMILES string of the molecule is O=C(NCC1COCCN1)c1cccc(C(F)(F)F)c1. The first-order valence-corrected chi connectivity index (χ1v) is 6.23. The number of rotatable bonds is 3. The Balaban J connectivity index is 1.95. The number of carbonyl (C=O) groups excluding carboxylic acids is 1. The van der Waals surface area contributed by atoms with Crippen LogP contribution in [0.15, 0.2) is 24.3 Å². The van der Waals surface area contributed by atoms with Crippen LogP contribution in [0.1, 0.15) is 15.9 Å². The average molecular weight is 288 g/mol. The number of carbonyl (C=O) groups is 1. The number of hydrogen-bond acceptors (Lipinski definition) is 3. The molecular formula is C13H15F3N2O2. The van der Waals surface area contributed by atoms with Gasteiger partial charge in [-0.2, -0.15) is 13.2 Å². The molecule has 0 bridgehead atoms. The number of amides is 1. The molecule has 1 aliphatic heterocycles. The van der Waals surface area contributed by atoms with Crippen molar-refractivity contribution in [2.24, 2.45) is 0 Å². The van der Waals surface area contributed by atoms with Crippen molar-refractivity contribution < 1.29 is 22.7 Å². The molecule has 4 nitrogen and oxygen atoms in total. The first-order chi connectivity index (χ1) is 9.47. The molecule has 0 aliphatic carbocycles. The lowest BCUT2D eigenvalue weighted by atomic mass is 10.1. The highest BCUT2D eigenvalue weighted by Gasteiger charge is 2.30. The van der Waals surface area contributed by atoms with Gasteiger partial charge in [0.15, 0.2) is 0 Å². The topological polar surface area (TPSA) is 50.4 Å². The lowest BCUT2D eigenvalue weighted by Gasteiger charge is -2.23. The van der Waals surface area contributed by atoms with Crippen molar-refractivity contribution in [1.29, 1.82) is 0 Å². The molecule has 7 heteroatoms. The van der Waals surface area contributed by atoms with Gasteiger partial charge in [-0.1, -0.05) is 6.07 Å². The summed E-state index contributed by atoms with van der Waals surface area (Å²) in [5.74, 6) is -0.525. The number of hydrogen-bond donors (Lipinski definition) is 2. The monoisotopic (exact) mass is 288 g/mol. The summed E-state index contributed by atoms with van der Waals surface area (Å²) in [5.41, 5.74) is -0.833. The highest BCUT2D eigenvalue weighted by Crippen LogP contribution is 2.29. The summed E-state index contributed by atoms with van der Waals surface area (Å²) in [6, 6.07) is 4.35. The van der Waals surface area contributed by atoms with E-state index in [1.165, 1.54) is 12.1 Å². The molecule has 110 valence electrons. The largest absolute Gasteiger partial charge is 0.416 e. The van der Waals surface area contributed by atoms with Gasteiger partial charge < -0.3 is 15.4 Å². The second-order valence-corrected chi connectivity index (χ2v) is 4.51. The standard InChI is InChI=1S/C13H15F3N2O2/c14-13(15,16)10-3-1-2-9(6-10)12(19)18-7-11-8-20-5-4-17-11/h1-3,6,11,17H,4-5,7-8H2,(H,18,19). The molecule has 1 fully saturated rings. The first kappa shape index (κ1) is 14.8. The third-order valence-corrected chi connectivity index (χ3v) is 2.96. The summed E-state index contributed by atoms with van der Waals surface area (Å²) in [5, 5.41) is 5.74. The third-order valence-electron chi connectivity index (χ3n) is 2.96. The fourth-order valence-electron chi connectivity index (χ4n) is 1.91. The van der Waals surface area contributed by atoms with Crippen molar-refractivity contribution in [2.45, 2.75) is 12.2 Å². The van der Waals surface area contributed by atoms with Crippen LogP contribution in [0.5, 0.6) is 0 Å². The molecule has 20 heavy (non-hydrogen) atoms. The Kier molecular flexibility index (Phi) is 4.61. The average Bonchev–Trinajstić information content (AvgIpc) is 2.45. The Morgan fingerprint density at radius 1 is 1.45 bits per heavy atom. The molecule has 0 spiro atoms. The number of alkyl halides is 3. The van der Waals surface area contributed by atoms with E-state index in [9.17, 15) is 18.0 Å². The molecule has 1 aromatic carbocycles. The Hall–Kier alpha value is -1.60. The van der Waals surface area contributed by atoms with Gasteiger partial charge >= 0.3 is 6.18 Å². The molecule has 1 aromatic rings. The number of morpholine rings is 1. The minimum atomic E-state index is -4.45. The van der Waals surface area contributed by atoms with Gasteiger partial charge in [0.1, 0.15) is 0 Å². The maximum absolute atomic E-state index is 12.5. The maximum Gasteiger partial charge on any atom is 0.416 e. The molecule has 1 heterocycles. The highest BCUT2D eigenvalue weighted by atomic mass is 19.4. The molecule has 1 unspecified atom stereocenters. The van der Waals surface area contributed by atoms with E-state index in [0.717, 1.165) is 12.1 Å². The van der Waals surface area contributed by atoms with Crippen molar-refractivity contribution in [3.63, 3.8) is 0 Å². The van der Waals surface area contributed by atoms with Gasteiger partial charge in [-0.3, -0.25) is 4.79 Å². The fraction of sp³-hybridized carbons (Fsp3) is 0.462. The van der Waals surface area contributed by atoms with Crippen LogP contribution in [0.25, 0.3) is 0 Å². The first-order valence-electron chi connectivity index (χ1n) is 6.23. The fourth-order valence-corrected chi connectivity index (χ4v) is 1.91. The van der Waals surface area contributed by atoms with E-state index < -0.39 is 17.6 Å². The lowest BCUT2D eigenvalue weighted by molar-refractivity contribution is -0.137. The van der Waals surface area contributed by atoms with Crippen molar-refractivity contribution in [2.75, 3.05) is 26.3 Å². The highest BCUT2D eigenvalue weighted by molar-refractivity contribution is 5.94. The third kappa shape index (κ3) is 3.94. The van der Waals surface area contributed by atoms with Crippen LogP contribution in [0.3, 0.4) is 0 Å². The number of halogens is 3. The van der Waals surface area contributed by atoms with Gasteiger partial charge in [0.05, 0.1) is 18.8 Å². The second-order valence-electron chi connectivity index (χ2n) is 4.51. The maximum atomic E-state index is 12.5. The normalized spacial score (nSPS) is 19.6. The van der Waals surface area contributed by atoms with Crippen LogP contribution in [0.2, 0.25) is 0 Å². The van der Waals surface area contributed by atoms with Crippen LogP contribution in [-0.4, -0.2) is 38.3 Å². The molecule has 2 N–H and O–H groups in total. The molecule has 0 radical (unpaired) electrons. The van der Waals surface area contributed by atoms with Crippen molar-refractivity contribution in [3.8, 4) is 0 Å². The predicted octanol–water partition coefficient (Wildman–Crippen LogP) is 1.42. The quantitative estimate of drug-likeness (QED) is 0.884. The van der Waals surface area contributed by atoms with Crippen LogP contribution in [0.4, 0.5) is 13.2 Å². The van der Waals surface area contributed by atoms with Gasteiger partial charge in [0, 0.05) is 24.7 Å². The van der Waals surface area contributed by atoms with Crippen LogP contribution in [0, 0.1) is 0 Å². The van der Waals surface area contributed by atoms with Gasteiger partial charge in [-0.25, -0.2) is 0 Å². The van der Waals surface area contributed by atoms with E-state index in [1.54, 1.807) is 0 Å². The molecule has 2 rings (SSSR count). The number of ether oxygens (including phenoxy) is 1. The van der Waals surface area contributed by atoms with Gasteiger partial charge in [0.2, 0.25) is 0 Å². The number of nitrogens with one attached hydrogen (secondary N) is 2. The molecule has 0 aromatic heterocycles. The summed E-state index contributed by atoms with van der Waals surface area (Å²) in [6.07, 6.45) is -4.45. The zero-order valence-electron chi connectivity index (χ0n) is 10.7. The minimum Gasteiger partial charge on any atom is -0.378 e. The van der Waals surface area contributed by atoms with Crippen LogP contribution in [-0.2, 0) is 10.9 Å². The van der Waals surface area contributed by atoms with E-state index in [0.29, 0.717) is 26.3 Å². The molecule has 0 saturated carbocycles. The van der Waals surface area contributed by atoms with Crippen molar-refractivity contribution in [3.05, 3.63) is 35.4 Å². The van der Waals surface area contributed by atoms with Gasteiger partial charge in [-0.15, -0.1) is 0 Å². The smallest absolute Gasteiger partial charge is 0.378 e. The molecule has 1 atom stereocenters. The molecular weight excluding hydrogens is 273 g/mol. The Bertz CT molecular complexity index is 471. The predicted molar refractivity (Wildman–Crippen MR) is 66.4 cm³/mol. The minimum absolute atomic E-state index is 0.00319. The zero-order chi connectivity index (χ0) is 14.6. The van der Waals surface area contributed by atoms with Crippen molar-refractivity contribution in [1.82, 2.24) is 10.6 Å². The van der Waals surface area contributed by atoms with E-state index in [1.807, 2.05) is 0 Å². The Morgan fingerprint density at radius 3 is 2.90 bits per heavy atom. The van der Waals surface area contributed by atoms with Gasteiger partial charge in [0.25, 0.3) is 5.91 Å². The summed E-state index contributed by atoms with van der Waals surface area (Å²) in [4.78, 5) is 11.8. The summed E-state index contributed by atoms with van der Waals surface area (Å²) in [6.45, 7) is 2.11. The van der Waals surface area contributed by atoms with E-state index in [-0.39, 0.29) is 11.6 Å². The second kappa shape index (κ2) is 6.23. The summed E-state index contributed by atoms with van der Waals surface area (Å²) >= 11 is 0. The van der Waals surface area contributed by atoms with Crippen LogP contribution >= 0.6 is 0 Å². The Morgan fingerprint density at radius 2 is 2.25 bits per heavy atom. The zero-order valence-corrected chi connectivity index (χ0v) is 10.7. The Labute approximate surface area is 114 Å². The summed E-state index contributed by atoms with van der Waals surface area (Å²) < 4.78 is 42.9. The number of benzene rings is 1. The molecule has 1 aliphatic rings. The lowest BCUT2D eigenvalue weighted by Crippen LogP contribution is -2.48. The van der Waals surface area contributed by atoms with Gasteiger partial charge in [-0.05, 0) is 18.2 Å².